The van der Waals surface area contributed by atoms with Crippen molar-refractivity contribution < 1.29 is 4.39 Å². The summed E-state index contributed by atoms with van der Waals surface area (Å²) in [4.78, 5) is 4.41. The lowest BCUT2D eigenvalue weighted by Crippen LogP contribution is -1.99. The predicted octanol–water partition coefficient (Wildman–Crippen LogP) is 2.10. The summed E-state index contributed by atoms with van der Waals surface area (Å²) in [6.07, 6.45) is 0. The van der Waals surface area contributed by atoms with E-state index in [1.165, 1.54) is 12.1 Å². The van der Waals surface area contributed by atoms with Crippen molar-refractivity contribution >= 4 is 21.7 Å². The zero-order valence-corrected chi connectivity index (χ0v) is 11.7. The van der Waals surface area contributed by atoms with Crippen molar-refractivity contribution in [3.05, 3.63) is 40.4 Å². The lowest BCUT2D eigenvalue weighted by atomic mass is 10.2. The van der Waals surface area contributed by atoms with Gasteiger partial charge in [0.2, 0.25) is 5.78 Å². The van der Waals surface area contributed by atoms with Crippen LogP contribution in [0.4, 0.5) is 4.39 Å². The number of benzene rings is 1. The topological polar surface area (TPSA) is 61.1 Å². The van der Waals surface area contributed by atoms with Gasteiger partial charge < -0.3 is 5.73 Å². The van der Waals surface area contributed by atoms with Crippen LogP contribution in [-0.2, 0) is 13.6 Å². The van der Waals surface area contributed by atoms with Gasteiger partial charge in [0.25, 0.3) is 0 Å². The van der Waals surface area contributed by atoms with Gasteiger partial charge in [-0.05, 0) is 40.2 Å². The van der Waals surface area contributed by atoms with Gasteiger partial charge in [0.1, 0.15) is 10.4 Å². The number of hydrogen-bond donors (Lipinski definition) is 1. The monoisotopic (exact) mass is 323 g/mol. The summed E-state index contributed by atoms with van der Waals surface area (Å²) < 4.78 is 17.2. The molecule has 19 heavy (non-hydrogen) atoms. The summed E-state index contributed by atoms with van der Waals surface area (Å²) in [6.45, 7) is 0.343. The van der Waals surface area contributed by atoms with Crippen LogP contribution in [0.3, 0.4) is 0 Å². The quantitative estimate of drug-likeness (QED) is 0.785. The molecule has 3 aromatic rings. The number of imidazole rings is 1. The van der Waals surface area contributed by atoms with Gasteiger partial charge in [-0.3, -0.25) is 4.57 Å². The molecule has 7 heteroatoms. The number of hydrogen-bond acceptors (Lipinski definition) is 3. The van der Waals surface area contributed by atoms with E-state index >= 15 is 0 Å². The molecule has 0 saturated heterocycles. The first-order valence-corrected chi connectivity index (χ1v) is 6.47. The molecule has 0 fully saturated rings. The molecular weight excluding hydrogens is 313 g/mol. The number of fused-ring (bicyclic) bond motifs is 1. The van der Waals surface area contributed by atoms with Crippen molar-refractivity contribution in [1.29, 1.82) is 0 Å². The Bertz CT molecular complexity index is 744. The Balaban J connectivity index is 2.20. The first-order chi connectivity index (χ1) is 9.11. The second kappa shape index (κ2) is 4.43. The van der Waals surface area contributed by atoms with Crippen LogP contribution < -0.4 is 5.73 Å². The Morgan fingerprint density at radius 1 is 1.32 bits per heavy atom. The van der Waals surface area contributed by atoms with Crippen LogP contribution in [0, 0.1) is 5.82 Å². The maximum absolute atomic E-state index is 12.9. The summed E-state index contributed by atoms with van der Waals surface area (Å²) in [5.74, 6) is 1.13. The second-order valence-electron chi connectivity index (χ2n) is 4.15. The van der Waals surface area contributed by atoms with Gasteiger partial charge in [-0.2, -0.15) is 4.52 Å². The molecule has 0 atom stereocenters. The Labute approximate surface area is 117 Å². The Morgan fingerprint density at radius 2 is 2.00 bits per heavy atom. The molecule has 0 radical (unpaired) electrons. The van der Waals surface area contributed by atoms with E-state index < -0.39 is 0 Å². The van der Waals surface area contributed by atoms with Gasteiger partial charge in [-0.15, -0.1) is 5.10 Å². The van der Waals surface area contributed by atoms with Crippen LogP contribution in [-0.4, -0.2) is 19.2 Å². The lowest BCUT2D eigenvalue weighted by molar-refractivity contribution is 0.628. The van der Waals surface area contributed by atoms with E-state index in [-0.39, 0.29) is 5.82 Å². The third kappa shape index (κ3) is 1.85. The number of aromatic nitrogens is 4. The number of nitrogens with two attached hydrogens (primary N) is 1. The Morgan fingerprint density at radius 3 is 2.58 bits per heavy atom. The smallest absolute Gasteiger partial charge is 0.233 e. The van der Waals surface area contributed by atoms with Gasteiger partial charge in [0.15, 0.2) is 5.82 Å². The van der Waals surface area contributed by atoms with Crippen molar-refractivity contribution in [3.8, 4) is 11.4 Å². The van der Waals surface area contributed by atoms with E-state index in [9.17, 15) is 4.39 Å². The maximum atomic E-state index is 12.9. The summed E-state index contributed by atoms with van der Waals surface area (Å²) in [6, 6.07) is 6.20. The van der Waals surface area contributed by atoms with Crippen molar-refractivity contribution in [2.24, 2.45) is 12.8 Å². The largest absolute Gasteiger partial charge is 0.325 e. The minimum absolute atomic E-state index is 0.269. The second-order valence-corrected chi connectivity index (χ2v) is 4.91. The third-order valence-electron chi connectivity index (χ3n) is 2.96. The fourth-order valence-electron chi connectivity index (χ4n) is 1.97. The van der Waals surface area contributed by atoms with Gasteiger partial charge in [-0.25, -0.2) is 9.37 Å². The molecule has 98 valence electrons. The van der Waals surface area contributed by atoms with Gasteiger partial charge >= 0.3 is 0 Å². The molecule has 0 aliphatic carbocycles. The normalized spacial score (nSPS) is 11.4. The first-order valence-electron chi connectivity index (χ1n) is 5.67. The summed E-state index contributed by atoms with van der Waals surface area (Å²) in [5.41, 5.74) is 7.19. The first kappa shape index (κ1) is 12.3. The van der Waals surface area contributed by atoms with Crippen LogP contribution in [0.1, 0.15) is 5.69 Å². The minimum atomic E-state index is -0.269. The maximum Gasteiger partial charge on any atom is 0.233 e. The molecule has 0 aliphatic heterocycles. The van der Waals surface area contributed by atoms with Crippen LogP contribution in [0.5, 0.6) is 0 Å². The van der Waals surface area contributed by atoms with Crippen LogP contribution in [0.2, 0.25) is 0 Å². The van der Waals surface area contributed by atoms with Crippen molar-refractivity contribution in [2.75, 3.05) is 0 Å². The SMILES string of the molecule is Cn1c(-c2ccc(F)cc2)nn2c(Br)c(CN)nc12. The molecule has 2 aromatic heterocycles. The summed E-state index contributed by atoms with van der Waals surface area (Å²) in [7, 11) is 1.86. The van der Waals surface area contributed by atoms with Gasteiger partial charge in [-0.1, -0.05) is 0 Å². The zero-order valence-electron chi connectivity index (χ0n) is 10.1. The van der Waals surface area contributed by atoms with Gasteiger partial charge in [0.05, 0.1) is 5.69 Å². The molecule has 2 heterocycles. The molecule has 0 aliphatic rings. The standard InChI is InChI=1S/C12H11BrFN5/c1-18-11(7-2-4-8(14)5-3-7)17-19-10(13)9(6-15)16-12(18)19/h2-5H,6,15H2,1H3. The van der Waals surface area contributed by atoms with E-state index in [1.54, 1.807) is 16.6 Å². The average molecular weight is 324 g/mol. The molecule has 0 bridgehead atoms. The predicted molar refractivity (Wildman–Crippen MR) is 72.9 cm³/mol. The van der Waals surface area contributed by atoms with E-state index in [2.05, 4.69) is 26.0 Å². The molecule has 1 aromatic carbocycles. The van der Waals surface area contributed by atoms with Crippen LogP contribution in [0.25, 0.3) is 17.2 Å². The van der Waals surface area contributed by atoms with Crippen molar-refractivity contribution in [2.45, 2.75) is 6.54 Å². The van der Waals surface area contributed by atoms with Crippen molar-refractivity contribution in [1.82, 2.24) is 19.2 Å². The molecule has 3 rings (SSSR count). The van der Waals surface area contributed by atoms with Crippen LogP contribution >= 0.6 is 15.9 Å². The lowest BCUT2D eigenvalue weighted by Gasteiger charge is -2.00. The highest BCUT2D eigenvalue weighted by Gasteiger charge is 2.16. The summed E-state index contributed by atoms with van der Waals surface area (Å²) >= 11 is 3.43. The highest BCUT2D eigenvalue weighted by Crippen LogP contribution is 2.24. The van der Waals surface area contributed by atoms with E-state index in [1.807, 2.05) is 11.6 Å². The minimum Gasteiger partial charge on any atom is -0.325 e. The van der Waals surface area contributed by atoms with E-state index in [4.69, 9.17) is 5.73 Å². The third-order valence-corrected chi connectivity index (χ3v) is 3.75. The highest BCUT2D eigenvalue weighted by atomic mass is 79.9. The van der Waals surface area contributed by atoms with Crippen LogP contribution in [0.15, 0.2) is 28.9 Å². The van der Waals surface area contributed by atoms with Crippen molar-refractivity contribution in [3.63, 3.8) is 0 Å². The molecule has 0 saturated carbocycles. The molecule has 0 amide bonds. The van der Waals surface area contributed by atoms with E-state index in [0.29, 0.717) is 18.1 Å². The number of halogens is 2. The molecule has 0 unspecified atom stereocenters. The average Bonchev–Trinajstić information content (AvgIpc) is 2.89. The van der Waals surface area contributed by atoms with Gasteiger partial charge in [0, 0.05) is 19.2 Å². The molecular formula is C12H11BrFN5. The number of rotatable bonds is 2. The fourth-order valence-corrected chi connectivity index (χ4v) is 2.46. The molecule has 0 spiro atoms. The zero-order chi connectivity index (χ0) is 13.6. The molecule has 2 N–H and O–H groups in total. The summed E-state index contributed by atoms with van der Waals surface area (Å²) in [5, 5.41) is 4.47. The number of aryl methyl sites for hydroxylation is 1. The highest BCUT2D eigenvalue weighted by molar-refractivity contribution is 9.10. The number of nitrogens with zero attached hydrogens (tertiary/aromatic N) is 4. The van der Waals surface area contributed by atoms with E-state index in [0.717, 1.165) is 15.9 Å². The Kier molecular flexibility index (Phi) is 2.87. The molecule has 5 nitrogen and oxygen atoms in total. The Hall–Kier alpha value is -1.73. The fraction of sp³-hybridized carbons (Fsp3) is 0.167.